The van der Waals surface area contributed by atoms with Gasteiger partial charge in [0.1, 0.15) is 12.1 Å². The molecule has 1 unspecified atom stereocenters. The molecule has 1 aliphatic carbocycles. The number of benzene rings is 1. The van der Waals surface area contributed by atoms with Gasteiger partial charge in [-0.15, -0.1) is 0 Å². The Morgan fingerprint density at radius 1 is 1.14 bits per heavy atom. The van der Waals surface area contributed by atoms with Gasteiger partial charge in [0.15, 0.2) is 5.78 Å². The molecular weight excluding hydrogens is 466 g/mol. The van der Waals surface area contributed by atoms with Crippen LogP contribution in [0.15, 0.2) is 55.1 Å². The lowest BCUT2D eigenvalue weighted by Gasteiger charge is -2.41. The lowest BCUT2D eigenvalue weighted by atomic mass is 9.74. The van der Waals surface area contributed by atoms with Gasteiger partial charge < -0.3 is 10.1 Å². The topological polar surface area (TPSA) is 86.1 Å². The van der Waals surface area contributed by atoms with Gasteiger partial charge >= 0.3 is 5.97 Å². The number of rotatable bonds is 11. The Bertz CT molecular complexity index is 1180. The molecule has 1 atom stereocenters. The number of nitrogens with one attached hydrogen (secondary N) is 1. The van der Waals surface area contributed by atoms with Gasteiger partial charge in [0, 0.05) is 37.4 Å². The Morgan fingerprint density at radius 3 is 2.47 bits per heavy atom. The van der Waals surface area contributed by atoms with E-state index >= 15 is 0 Å². The van der Waals surface area contributed by atoms with Crippen molar-refractivity contribution in [2.75, 3.05) is 11.9 Å². The minimum absolute atomic E-state index is 0.0694. The maximum Gasteiger partial charge on any atom is 0.305 e. The van der Waals surface area contributed by atoms with E-state index in [0.29, 0.717) is 24.4 Å². The van der Waals surface area contributed by atoms with Crippen LogP contribution >= 0.6 is 0 Å². The van der Waals surface area contributed by atoms with Gasteiger partial charge in [0.05, 0.1) is 30.2 Å². The van der Waals surface area contributed by atoms with Crippen LogP contribution in [0, 0.1) is 12.8 Å². The van der Waals surface area contributed by atoms with Crippen molar-refractivity contribution in [1.29, 1.82) is 0 Å². The third-order valence-electron chi connectivity index (χ3n) is 6.32. The minimum atomic E-state index is -2.65. The van der Waals surface area contributed by atoms with E-state index in [-0.39, 0.29) is 49.4 Å². The summed E-state index contributed by atoms with van der Waals surface area (Å²) < 4.78 is 34.1. The molecule has 1 aliphatic rings. The van der Waals surface area contributed by atoms with Gasteiger partial charge in [0.25, 0.3) is 0 Å². The van der Waals surface area contributed by atoms with Crippen LogP contribution in [0.25, 0.3) is 5.82 Å². The van der Waals surface area contributed by atoms with E-state index in [9.17, 15) is 18.4 Å². The highest BCUT2D eigenvalue weighted by atomic mass is 19.3. The van der Waals surface area contributed by atoms with Crippen molar-refractivity contribution in [3.05, 3.63) is 71.9 Å². The molecule has 1 aromatic carbocycles. The first-order valence-electron chi connectivity index (χ1n) is 12.1. The largest absolute Gasteiger partial charge is 0.466 e. The second-order valence-electron chi connectivity index (χ2n) is 9.18. The number of carbonyl (C=O) groups excluding carboxylic acids is 2. The molecule has 1 fully saturated rings. The zero-order chi connectivity index (χ0) is 25.7. The maximum atomic E-state index is 13.7. The number of alkyl halides is 2. The molecule has 2 aromatic heterocycles. The number of halogens is 2. The highest BCUT2D eigenvalue weighted by molar-refractivity contribution is 5.96. The van der Waals surface area contributed by atoms with Crippen molar-refractivity contribution in [2.24, 2.45) is 5.92 Å². The number of aromatic nitrogens is 3. The van der Waals surface area contributed by atoms with Gasteiger partial charge in [-0.25, -0.2) is 18.7 Å². The molecule has 0 radical (unpaired) electrons. The molecular formula is C27H30F2N4O3. The molecule has 2 heterocycles. The Labute approximate surface area is 208 Å². The predicted molar refractivity (Wildman–Crippen MR) is 131 cm³/mol. The quantitative estimate of drug-likeness (QED) is 0.271. The summed E-state index contributed by atoms with van der Waals surface area (Å²) in [6.45, 7) is 3.96. The lowest BCUT2D eigenvalue weighted by Crippen LogP contribution is -2.41. The van der Waals surface area contributed by atoms with Crippen molar-refractivity contribution in [3.63, 3.8) is 0 Å². The van der Waals surface area contributed by atoms with Crippen LogP contribution in [0.5, 0.6) is 0 Å². The van der Waals surface area contributed by atoms with Crippen LogP contribution < -0.4 is 5.32 Å². The van der Waals surface area contributed by atoms with E-state index in [2.05, 4.69) is 15.3 Å². The standard InChI is InChI=1S/C27H30F2N4O3/c1-3-36-25(35)6-4-5-23(34)19-7-9-20(10-8-19)26(21-13-27(28,29)14-21)32-22-11-12-24(30-15-22)33-16-18(2)31-17-33/h7-12,15-17,21,26,32H,3-6,13-14H2,1-2H3. The Balaban J connectivity index is 1.43. The first-order chi connectivity index (χ1) is 17.2. The number of carbonyl (C=O) groups is 2. The molecule has 7 nitrogen and oxygen atoms in total. The highest BCUT2D eigenvalue weighted by Crippen LogP contribution is 2.49. The molecule has 0 aliphatic heterocycles. The number of ketones is 1. The normalized spacial score (nSPS) is 15.7. The molecule has 0 amide bonds. The molecule has 190 valence electrons. The molecule has 0 bridgehead atoms. The van der Waals surface area contributed by atoms with E-state index in [1.807, 2.05) is 42.0 Å². The van der Waals surface area contributed by atoms with Crippen molar-refractivity contribution in [1.82, 2.24) is 14.5 Å². The number of imidazole rings is 1. The second-order valence-corrected chi connectivity index (χ2v) is 9.18. The zero-order valence-corrected chi connectivity index (χ0v) is 20.4. The minimum Gasteiger partial charge on any atom is -0.466 e. The van der Waals surface area contributed by atoms with Crippen LogP contribution in [0.1, 0.15) is 66.7 Å². The average Bonchev–Trinajstić information content (AvgIpc) is 3.28. The predicted octanol–water partition coefficient (Wildman–Crippen LogP) is 5.69. The molecule has 1 N–H and O–H groups in total. The first-order valence-corrected chi connectivity index (χ1v) is 12.1. The van der Waals surface area contributed by atoms with Crippen LogP contribution in [-0.2, 0) is 9.53 Å². The Hall–Kier alpha value is -3.62. The number of anilines is 1. The summed E-state index contributed by atoms with van der Waals surface area (Å²) in [5.41, 5.74) is 2.95. The molecule has 9 heteroatoms. The van der Waals surface area contributed by atoms with Crippen LogP contribution in [-0.4, -0.2) is 38.8 Å². The summed E-state index contributed by atoms with van der Waals surface area (Å²) in [7, 11) is 0. The van der Waals surface area contributed by atoms with Crippen molar-refractivity contribution >= 4 is 17.4 Å². The van der Waals surface area contributed by atoms with Crippen molar-refractivity contribution in [3.8, 4) is 5.82 Å². The Kier molecular flexibility index (Phi) is 7.76. The number of Topliss-reactive ketones (excluding diaryl/α,β-unsaturated/α-hetero) is 1. The van der Waals surface area contributed by atoms with Gasteiger partial charge in [0.2, 0.25) is 5.92 Å². The third-order valence-corrected chi connectivity index (χ3v) is 6.32. The van der Waals surface area contributed by atoms with Gasteiger partial charge in [-0.1, -0.05) is 24.3 Å². The fourth-order valence-electron chi connectivity index (χ4n) is 4.41. The zero-order valence-electron chi connectivity index (χ0n) is 20.4. The SMILES string of the molecule is CCOC(=O)CCCC(=O)c1ccc(C(Nc2ccc(-n3cnc(C)c3)nc2)C2CC(F)(F)C2)cc1. The van der Waals surface area contributed by atoms with E-state index in [1.54, 1.807) is 31.6 Å². The molecule has 36 heavy (non-hydrogen) atoms. The molecule has 1 saturated carbocycles. The fourth-order valence-corrected chi connectivity index (χ4v) is 4.41. The summed E-state index contributed by atoms with van der Waals surface area (Å²) in [6.07, 6.45) is 5.70. The fraction of sp³-hybridized carbons (Fsp3) is 0.407. The maximum absolute atomic E-state index is 13.7. The highest BCUT2D eigenvalue weighted by Gasteiger charge is 2.48. The number of hydrogen-bond acceptors (Lipinski definition) is 6. The van der Waals surface area contributed by atoms with Crippen LogP contribution in [0.4, 0.5) is 14.5 Å². The molecule has 4 rings (SSSR count). The molecule has 0 spiro atoms. The van der Waals surface area contributed by atoms with Gasteiger partial charge in [-0.3, -0.25) is 14.2 Å². The molecule has 0 saturated heterocycles. The van der Waals surface area contributed by atoms with E-state index < -0.39 is 5.92 Å². The van der Waals surface area contributed by atoms with Crippen molar-refractivity contribution < 1.29 is 23.1 Å². The molecule has 3 aromatic rings. The summed E-state index contributed by atoms with van der Waals surface area (Å²) in [5, 5.41) is 3.37. The van der Waals surface area contributed by atoms with E-state index in [1.165, 1.54) is 0 Å². The van der Waals surface area contributed by atoms with E-state index in [4.69, 9.17) is 4.74 Å². The number of pyridine rings is 1. The summed E-state index contributed by atoms with van der Waals surface area (Å²) >= 11 is 0. The lowest BCUT2D eigenvalue weighted by molar-refractivity contribution is -0.143. The monoisotopic (exact) mass is 496 g/mol. The number of ether oxygens (including phenoxy) is 1. The number of aryl methyl sites for hydroxylation is 1. The van der Waals surface area contributed by atoms with Crippen LogP contribution in [0.2, 0.25) is 0 Å². The summed E-state index contributed by atoms with van der Waals surface area (Å²) in [6, 6.07) is 10.4. The van der Waals surface area contributed by atoms with Gasteiger partial charge in [-0.2, -0.15) is 0 Å². The smallest absolute Gasteiger partial charge is 0.305 e. The van der Waals surface area contributed by atoms with E-state index in [0.717, 1.165) is 16.9 Å². The van der Waals surface area contributed by atoms with Crippen LogP contribution in [0.3, 0.4) is 0 Å². The second kappa shape index (κ2) is 11.0. The van der Waals surface area contributed by atoms with Crippen molar-refractivity contribution in [2.45, 2.75) is 57.9 Å². The summed E-state index contributed by atoms with van der Waals surface area (Å²) in [4.78, 5) is 32.6. The number of hydrogen-bond donors (Lipinski definition) is 1. The Morgan fingerprint density at radius 2 is 1.89 bits per heavy atom. The summed E-state index contributed by atoms with van der Waals surface area (Å²) in [5.74, 6) is -2.57. The van der Waals surface area contributed by atoms with Gasteiger partial charge in [-0.05, 0) is 43.9 Å². The average molecular weight is 497 g/mol. The number of nitrogens with zero attached hydrogens (tertiary/aromatic N) is 3. The number of esters is 1. The third kappa shape index (κ3) is 6.33. The first kappa shape index (κ1) is 25.5.